The summed E-state index contributed by atoms with van der Waals surface area (Å²) in [6, 6.07) is 17.5. The van der Waals surface area contributed by atoms with Crippen LogP contribution in [0, 0.1) is 3.57 Å². The Hall–Kier alpha value is -1.97. The zero-order valence-electron chi connectivity index (χ0n) is 15.5. The number of nitrogens with one attached hydrogen (secondary N) is 1. The molecule has 4 nitrogen and oxygen atoms in total. The molecule has 1 saturated heterocycles. The van der Waals surface area contributed by atoms with E-state index in [0.29, 0.717) is 28.6 Å². The first-order valence-electron chi connectivity index (χ1n) is 9.05. The predicted octanol–water partition coefficient (Wildman–Crippen LogP) is 5.47. The van der Waals surface area contributed by atoms with Gasteiger partial charge in [0.1, 0.15) is 4.32 Å². The molecule has 0 aromatic heterocycles. The van der Waals surface area contributed by atoms with Crippen molar-refractivity contribution in [2.45, 2.75) is 12.8 Å². The average molecular weight is 534 g/mol. The summed E-state index contributed by atoms with van der Waals surface area (Å²) in [5.74, 6) is -0.172. The van der Waals surface area contributed by atoms with Gasteiger partial charge >= 0.3 is 0 Å². The maximum absolute atomic E-state index is 12.6. The summed E-state index contributed by atoms with van der Waals surface area (Å²) in [6.45, 7) is 0.435. The van der Waals surface area contributed by atoms with Gasteiger partial charge in [-0.25, -0.2) is 0 Å². The summed E-state index contributed by atoms with van der Waals surface area (Å²) in [7, 11) is 0. The van der Waals surface area contributed by atoms with E-state index in [1.165, 1.54) is 11.8 Å². The van der Waals surface area contributed by atoms with Gasteiger partial charge in [0, 0.05) is 22.2 Å². The van der Waals surface area contributed by atoms with E-state index in [1.807, 2.05) is 66.7 Å². The Bertz CT molecular complexity index is 974. The number of thiocarbonyl (C=S) groups is 1. The van der Waals surface area contributed by atoms with E-state index in [4.69, 9.17) is 12.2 Å². The Balaban J connectivity index is 1.49. The van der Waals surface area contributed by atoms with Gasteiger partial charge in [-0.3, -0.25) is 14.5 Å². The Morgan fingerprint density at radius 2 is 1.97 bits per heavy atom. The number of carbonyl (C=O) groups excluding carboxylic acids is 2. The Kier molecular flexibility index (Phi) is 8.02. The van der Waals surface area contributed by atoms with Gasteiger partial charge in [0.25, 0.3) is 5.91 Å². The molecule has 0 aliphatic carbocycles. The van der Waals surface area contributed by atoms with Crippen LogP contribution in [0.5, 0.6) is 0 Å². The molecule has 3 rings (SSSR count). The lowest BCUT2D eigenvalue weighted by Crippen LogP contribution is -2.29. The van der Waals surface area contributed by atoms with Gasteiger partial charge in [0.05, 0.1) is 4.91 Å². The van der Waals surface area contributed by atoms with Crippen molar-refractivity contribution >= 4 is 74.5 Å². The van der Waals surface area contributed by atoms with Gasteiger partial charge in [-0.2, -0.15) is 0 Å². The number of halogens is 1. The molecule has 0 radical (unpaired) electrons. The molecule has 0 atom stereocenters. The zero-order chi connectivity index (χ0) is 20.6. The standard InChI is InChI=1S/C22H19IN2O2S2/c23-17-10-5-11-18(15-17)24-20(26)13-6-14-25-21(27)19(29-22(25)28)12-4-9-16-7-2-1-3-8-16/h1-5,7-12,15H,6,13-14H2,(H,24,26). The number of amides is 2. The lowest BCUT2D eigenvalue weighted by atomic mass is 10.2. The number of rotatable bonds is 7. The highest BCUT2D eigenvalue weighted by molar-refractivity contribution is 14.1. The minimum atomic E-state index is -0.101. The van der Waals surface area contributed by atoms with E-state index in [-0.39, 0.29) is 11.8 Å². The Labute approximate surface area is 193 Å². The minimum Gasteiger partial charge on any atom is -0.326 e. The van der Waals surface area contributed by atoms with Crippen LogP contribution in [0.25, 0.3) is 6.08 Å². The second-order valence-corrected chi connectivity index (χ2v) is 9.21. The quantitative estimate of drug-likeness (QED) is 0.291. The summed E-state index contributed by atoms with van der Waals surface area (Å²) in [4.78, 5) is 26.9. The topological polar surface area (TPSA) is 49.4 Å². The van der Waals surface area contributed by atoms with Crippen LogP contribution in [0.1, 0.15) is 18.4 Å². The van der Waals surface area contributed by atoms with Gasteiger partial charge in [-0.1, -0.05) is 72.5 Å². The molecule has 1 aliphatic rings. The highest BCUT2D eigenvalue weighted by Gasteiger charge is 2.31. The van der Waals surface area contributed by atoms with Crippen molar-refractivity contribution in [3.63, 3.8) is 0 Å². The van der Waals surface area contributed by atoms with Crippen LogP contribution in [0.2, 0.25) is 0 Å². The Morgan fingerprint density at radius 1 is 1.17 bits per heavy atom. The van der Waals surface area contributed by atoms with E-state index in [1.54, 1.807) is 11.0 Å². The number of hydrogen-bond acceptors (Lipinski definition) is 4. The van der Waals surface area contributed by atoms with Gasteiger partial charge < -0.3 is 5.32 Å². The number of allylic oxidation sites excluding steroid dienone is 2. The molecular weight excluding hydrogens is 515 g/mol. The van der Waals surface area contributed by atoms with E-state index < -0.39 is 0 Å². The number of thioether (sulfide) groups is 1. The predicted molar refractivity (Wildman–Crippen MR) is 132 cm³/mol. The third kappa shape index (κ3) is 6.52. The van der Waals surface area contributed by atoms with Crippen LogP contribution >= 0.6 is 46.6 Å². The summed E-state index contributed by atoms with van der Waals surface area (Å²) in [6.07, 6.45) is 6.47. The second kappa shape index (κ2) is 10.7. The second-order valence-electron chi connectivity index (χ2n) is 6.29. The molecule has 7 heteroatoms. The smallest absolute Gasteiger partial charge is 0.266 e. The third-order valence-corrected chi connectivity index (χ3v) is 6.17. The highest BCUT2D eigenvalue weighted by Crippen LogP contribution is 2.31. The summed E-state index contributed by atoms with van der Waals surface area (Å²) >= 11 is 8.84. The van der Waals surface area contributed by atoms with Crippen molar-refractivity contribution in [3.8, 4) is 0 Å². The first-order chi connectivity index (χ1) is 14.0. The molecule has 1 N–H and O–H groups in total. The molecule has 148 valence electrons. The lowest BCUT2D eigenvalue weighted by molar-refractivity contribution is -0.122. The maximum Gasteiger partial charge on any atom is 0.266 e. The summed E-state index contributed by atoms with van der Waals surface area (Å²) < 4.78 is 1.60. The highest BCUT2D eigenvalue weighted by atomic mass is 127. The number of carbonyl (C=O) groups is 2. The van der Waals surface area contributed by atoms with Gasteiger partial charge in [-0.05, 0) is 58.9 Å². The number of nitrogens with zero attached hydrogens (tertiary/aromatic N) is 1. The fourth-order valence-electron chi connectivity index (χ4n) is 2.71. The number of benzene rings is 2. The first-order valence-corrected chi connectivity index (χ1v) is 11.4. The van der Waals surface area contributed by atoms with Crippen LogP contribution < -0.4 is 5.32 Å². The van der Waals surface area contributed by atoms with E-state index in [9.17, 15) is 9.59 Å². The van der Waals surface area contributed by atoms with Crippen molar-refractivity contribution in [3.05, 3.63) is 80.8 Å². The Morgan fingerprint density at radius 3 is 2.72 bits per heavy atom. The normalized spacial score (nSPS) is 15.5. The van der Waals surface area contributed by atoms with Crippen molar-refractivity contribution in [2.24, 2.45) is 0 Å². The van der Waals surface area contributed by atoms with Crippen LogP contribution in [-0.2, 0) is 9.59 Å². The summed E-state index contributed by atoms with van der Waals surface area (Å²) in [5, 5.41) is 2.88. The monoisotopic (exact) mass is 534 g/mol. The van der Waals surface area contributed by atoms with E-state index >= 15 is 0 Å². The summed E-state index contributed by atoms with van der Waals surface area (Å²) in [5.41, 5.74) is 1.85. The third-order valence-electron chi connectivity index (χ3n) is 4.10. The lowest BCUT2D eigenvalue weighted by Gasteiger charge is -2.14. The van der Waals surface area contributed by atoms with E-state index in [2.05, 4.69) is 27.9 Å². The van der Waals surface area contributed by atoms with E-state index in [0.717, 1.165) is 14.8 Å². The fourth-order valence-corrected chi connectivity index (χ4v) is 4.51. The average Bonchev–Trinajstić information content (AvgIpc) is 2.96. The molecule has 0 spiro atoms. The molecular formula is C22H19IN2O2S2. The van der Waals surface area contributed by atoms with Crippen molar-refractivity contribution in [1.29, 1.82) is 0 Å². The molecule has 1 aliphatic heterocycles. The van der Waals surface area contributed by atoms with Crippen LogP contribution in [0.4, 0.5) is 5.69 Å². The molecule has 0 bridgehead atoms. The molecule has 0 saturated carbocycles. The molecule has 0 unspecified atom stereocenters. The number of hydrogen-bond donors (Lipinski definition) is 1. The molecule has 2 aromatic carbocycles. The fraction of sp³-hybridized carbons (Fsp3) is 0.136. The molecule has 1 fully saturated rings. The van der Waals surface area contributed by atoms with Crippen LogP contribution in [-0.4, -0.2) is 27.6 Å². The van der Waals surface area contributed by atoms with Crippen molar-refractivity contribution in [2.75, 3.05) is 11.9 Å². The molecule has 1 heterocycles. The zero-order valence-corrected chi connectivity index (χ0v) is 19.3. The SMILES string of the molecule is O=C(CCCN1C(=O)C(=CC=Cc2ccccc2)SC1=S)Nc1cccc(I)c1. The van der Waals surface area contributed by atoms with Gasteiger partial charge in [-0.15, -0.1) is 0 Å². The molecule has 2 amide bonds. The van der Waals surface area contributed by atoms with Gasteiger partial charge in [0.2, 0.25) is 5.91 Å². The molecule has 2 aromatic rings. The number of anilines is 1. The van der Waals surface area contributed by atoms with Gasteiger partial charge in [0.15, 0.2) is 0 Å². The first kappa shape index (κ1) is 21.7. The minimum absolute atomic E-state index is 0.0706. The van der Waals surface area contributed by atoms with Crippen molar-refractivity contribution < 1.29 is 9.59 Å². The van der Waals surface area contributed by atoms with Crippen LogP contribution in [0.15, 0.2) is 71.7 Å². The largest absolute Gasteiger partial charge is 0.326 e. The maximum atomic E-state index is 12.6. The van der Waals surface area contributed by atoms with Crippen LogP contribution in [0.3, 0.4) is 0 Å². The van der Waals surface area contributed by atoms with Crippen molar-refractivity contribution in [1.82, 2.24) is 4.90 Å². The molecule has 29 heavy (non-hydrogen) atoms.